The summed E-state index contributed by atoms with van der Waals surface area (Å²) in [5.74, 6) is -0.479. The van der Waals surface area contributed by atoms with Gasteiger partial charge in [0, 0.05) is 25.4 Å². The lowest BCUT2D eigenvalue weighted by Crippen LogP contribution is -2.24. The third-order valence-electron chi connectivity index (χ3n) is 3.06. The predicted octanol–water partition coefficient (Wildman–Crippen LogP) is 2.68. The summed E-state index contributed by atoms with van der Waals surface area (Å²) in [6.07, 6.45) is -4.81. The number of ether oxygens (including phenoxy) is 1. The summed E-state index contributed by atoms with van der Waals surface area (Å²) < 4.78 is 40.5. The summed E-state index contributed by atoms with van der Waals surface area (Å²) in [5.41, 5.74) is 1.39. The lowest BCUT2D eigenvalue weighted by molar-refractivity contribution is -0.274. The Morgan fingerprint density at radius 1 is 1.24 bits per heavy atom. The normalized spacial score (nSPS) is 11.1. The minimum absolute atomic E-state index is 0.0559. The third kappa shape index (κ3) is 5.63. The van der Waals surface area contributed by atoms with E-state index in [4.69, 9.17) is 0 Å². The molecule has 1 heterocycles. The van der Waals surface area contributed by atoms with E-state index in [-0.39, 0.29) is 12.1 Å². The second-order valence-corrected chi connectivity index (χ2v) is 5.45. The first-order chi connectivity index (χ1) is 11.6. The number of benzene rings is 1. The molecule has 0 bridgehead atoms. The summed E-state index contributed by atoms with van der Waals surface area (Å²) >= 11 is 0. The molecule has 0 saturated carbocycles. The molecule has 0 saturated heterocycles. The molecule has 0 fully saturated rings. The topological polar surface area (TPSA) is 67.3 Å². The van der Waals surface area contributed by atoms with Gasteiger partial charge in [0.05, 0.1) is 12.2 Å². The van der Waals surface area contributed by atoms with Crippen molar-refractivity contribution in [1.29, 1.82) is 0 Å². The van der Waals surface area contributed by atoms with Crippen molar-refractivity contribution in [3.05, 3.63) is 47.3 Å². The molecule has 0 aliphatic rings. The third-order valence-corrected chi connectivity index (χ3v) is 3.06. The van der Waals surface area contributed by atoms with Crippen molar-refractivity contribution < 1.29 is 22.7 Å². The second-order valence-electron chi connectivity index (χ2n) is 5.45. The van der Waals surface area contributed by atoms with Crippen molar-refractivity contribution in [2.75, 3.05) is 19.0 Å². The lowest BCUT2D eigenvalue weighted by Gasteiger charge is -2.13. The number of rotatable bonds is 5. The quantitative estimate of drug-likeness (QED) is 0.894. The first-order valence-electron chi connectivity index (χ1n) is 7.30. The number of amides is 1. The van der Waals surface area contributed by atoms with Gasteiger partial charge in [-0.05, 0) is 31.2 Å². The van der Waals surface area contributed by atoms with Gasteiger partial charge in [0.25, 0.3) is 5.91 Å². The Bertz CT molecular complexity index is 763. The van der Waals surface area contributed by atoms with Gasteiger partial charge in [0.1, 0.15) is 5.75 Å². The smallest absolute Gasteiger partial charge is 0.406 e. The van der Waals surface area contributed by atoms with Crippen LogP contribution in [-0.2, 0) is 6.54 Å². The Morgan fingerprint density at radius 2 is 1.96 bits per heavy atom. The number of hydrogen-bond acceptors (Lipinski definition) is 5. The number of carbonyl (C=O) groups is 1. The van der Waals surface area contributed by atoms with E-state index in [1.54, 1.807) is 32.0 Å². The van der Waals surface area contributed by atoms with Gasteiger partial charge in [-0.3, -0.25) is 4.79 Å². The van der Waals surface area contributed by atoms with Gasteiger partial charge in [-0.25, -0.2) is 9.97 Å². The van der Waals surface area contributed by atoms with Gasteiger partial charge in [-0.15, -0.1) is 13.2 Å². The van der Waals surface area contributed by atoms with Crippen LogP contribution in [0, 0.1) is 6.92 Å². The van der Waals surface area contributed by atoms with E-state index >= 15 is 0 Å². The highest BCUT2D eigenvalue weighted by Gasteiger charge is 2.31. The molecule has 0 unspecified atom stereocenters. The monoisotopic (exact) mass is 354 g/mol. The Labute approximate surface area is 142 Å². The number of nitrogens with zero attached hydrogens (tertiary/aromatic N) is 3. The fourth-order valence-electron chi connectivity index (χ4n) is 2.01. The number of carbonyl (C=O) groups excluding carboxylic acids is 1. The first kappa shape index (κ1) is 18.5. The molecule has 1 aromatic carbocycles. The van der Waals surface area contributed by atoms with Crippen LogP contribution >= 0.6 is 0 Å². The molecular formula is C16H17F3N4O2. The lowest BCUT2D eigenvalue weighted by atomic mass is 10.2. The Morgan fingerprint density at radius 3 is 2.60 bits per heavy atom. The molecule has 6 nitrogen and oxygen atoms in total. The summed E-state index contributed by atoms with van der Waals surface area (Å²) in [6.45, 7) is 1.92. The van der Waals surface area contributed by atoms with E-state index in [1.165, 1.54) is 12.1 Å². The van der Waals surface area contributed by atoms with E-state index in [0.29, 0.717) is 11.6 Å². The van der Waals surface area contributed by atoms with Crippen molar-refractivity contribution >= 4 is 11.9 Å². The molecule has 1 N–H and O–H groups in total. The number of aromatic nitrogens is 2. The average molecular weight is 354 g/mol. The number of halogens is 3. The van der Waals surface area contributed by atoms with E-state index in [1.807, 2.05) is 0 Å². The van der Waals surface area contributed by atoms with Gasteiger partial charge in [0.2, 0.25) is 5.95 Å². The Balaban J connectivity index is 2.07. The Kier molecular flexibility index (Phi) is 5.45. The van der Waals surface area contributed by atoms with Gasteiger partial charge < -0.3 is 15.0 Å². The van der Waals surface area contributed by atoms with E-state index in [2.05, 4.69) is 20.0 Å². The van der Waals surface area contributed by atoms with E-state index in [9.17, 15) is 18.0 Å². The van der Waals surface area contributed by atoms with Crippen LogP contribution < -0.4 is 15.0 Å². The first-order valence-corrected chi connectivity index (χ1v) is 7.30. The average Bonchev–Trinajstić information content (AvgIpc) is 2.50. The molecule has 0 aliphatic carbocycles. The van der Waals surface area contributed by atoms with E-state index < -0.39 is 18.0 Å². The van der Waals surface area contributed by atoms with Crippen LogP contribution in [0.15, 0.2) is 30.3 Å². The summed E-state index contributed by atoms with van der Waals surface area (Å²) in [6, 6.07) is 6.58. The number of hydrogen-bond donors (Lipinski definition) is 1. The van der Waals surface area contributed by atoms with Crippen LogP contribution in [0.2, 0.25) is 0 Å². The zero-order valence-electron chi connectivity index (χ0n) is 13.9. The van der Waals surface area contributed by atoms with Crippen LogP contribution in [0.1, 0.15) is 21.7 Å². The van der Waals surface area contributed by atoms with Crippen LogP contribution in [-0.4, -0.2) is 36.3 Å². The molecule has 0 spiro atoms. The van der Waals surface area contributed by atoms with E-state index in [0.717, 1.165) is 17.8 Å². The fraction of sp³-hybridized carbons (Fsp3) is 0.312. The minimum atomic E-state index is -4.81. The highest BCUT2D eigenvalue weighted by atomic mass is 19.4. The minimum Gasteiger partial charge on any atom is -0.406 e. The summed E-state index contributed by atoms with van der Waals surface area (Å²) in [4.78, 5) is 22.4. The van der Waals surface area contributed by atoms with Gasteiger partial charge in [-0.2, -0.15) is 0 Å². The Hall–Kier alpha value is -2.84. The molecular weight excluding hydrogens is 337 g/mol. The summed E-state index contributed by atoms with van der Waals surface area (Å²) in [7, 11) is 3.59. The molecule has 9 heteroatoms. The van der Waals surface area contributed by atoms with Crippen molar-refractivity contribution in [1.82, 2.24) is 15.3 Å². The molecule has 1 amide bonds. The van der Waals surface area contributed by atoms with Crippen molar-refractivity contribution in [3.8, 4) is 5.75 Å². The SMILES string of the molecule is Cc1cc(CNC(=O)c2cccc(OC(F)(F)F)c2)nc(N(C)C)n1. The highest BCUT2D eigenvalue weighted by Crippen LogP contribution is 2.23. The van der Waals surface area contributed by atoms with Crippen LogP contribution in [0.25, 0.3) is 0 Å². The van der Waals surface area contributed by atoms with Gasteiger partial charge in [0.15, 0.2) is 0 Å². The molecule has 2 rings (SSSR count). The molecule has 0 atom stereocenters. The molecule has 2 aromatic rings. The zero-order valence-corrected chi connectivity index (χ0v) is 13.9. The maximum Gasteiger partial charge on any atom is 0.573 e. The van der Waals surface area contributed by atoms with Gasteiger partial charge >= 0.3 is 6.36 Å². The molecule has 0 radical (unpaired) electrons. The molecule has 25 heavy (non-hydrogen) atoms. The number of anilines is 1. The summed E-state index contributed by atoms with van der Waals surface area (Å²) in [5, 5.41) is 2.61. The number of alkyl halides is 3. The second kappa shape index (κ2) is 7.37. The van der Waals surface area contributed by atoms with Crippen LogP contribution in [0.4, 0.5) is 19.1 Å². The molecule has 0 aliphatic heterocycles. The van der Waals surface area contributed by atoms with Crippen molar-refractivity contribution in [2.45, 2.75) is 19.8 Å². The predicted molar refractivity (Wildman–Crippen MR) is 85.4 cm³/mol. The fourth-order valence-corrected chi connectivity index (χ4v) is 2.01. The standard InChI is InChI=1S/C16H17F3N4O2/c1-10-7-12(22-15(21-10)23(2)3)9-20-14(24)11-5-4-6-13(8-11)25-16(17,18)19/h4-8H,9H2,1-3H3,(H,20,24). The molecule has 1 aromatic heterocycles. The maximum atomic E-state index is 12.2. The highest BCUT2D eigenvalue weighted by molar-refractivity contribution is 5.94. The van der Waals surface area contributed by atoms with Crippen LogP contribution in [0.5, 0.6) is 5.75 Å². The van der Waals surface area contributed by atoms with Crippen molar-refractivity contribution in [3.63, 3.8) is 0 Å². The zero-order chi connectivity index (χ0) is 18.6. The number of aryl methyl sites for hydroxylation is 1. The maximum absolute atomic E-state index is 12.2. The largest absolute Gasteiger partial charge is 0.573 e. The van der Waals surface area contributed by atoms with Crippen molar-refractivity contribution in [2.24, 2.45) is 0 Å². The number of nitrogens with one attached hydrogen (secondary N) is 1. The van der Waals surface area contributed by atoms with Crippen LogP contribution in [0.3, 0.4) is 0 Å². The van der Waals surface area contributed by atoms with Gasteiger partial charge in [-0.1, -0.05) is 6.07 Å². The molecule has 134 valence electrons.